The summed E-state index contributed by atoms with van der Waals surface area (Å²) in [4.78, 5) is 54.1. The molecule has 0 radical (unpaired) electrons. The van der Waals surface area contributed by atoms with Crippen LogP contribution >= 0.6 is 0 Å². The van der Waals surface area contributed by atoms with Crippen LogP contribution in [0.1, 0.15) is 219 Å². The van der Waals surface area contributed by atoms with E-state index in [0.29, 0.717) is 39.5 Å². The first-order valence-electron chi connectivity index (χ1n) is 30.1. The highest BCUT2D eigenvalue weighted by Gasteiger charge is 2.21. The molecule has 16 nitrogen and oxygen atoms in total. The van der Waals surface area contributed by atoms with Gasteiger partial charge in [-0.3, -0.25) is 19.6 Å². The minimum absolute atomic E-state index is 0.0618. The zero-order valence-electron chi connectivity index (χ0n) is 47.2. The van der Waals surface area contributed by atoms with Crippen LogP contribution in [0.3, 0.4) is 0 Å². The molecule has 0 bridgehead atoms. The molecule has 0 saturated carbocycles. The van der Waals surface area contributed by atoms with Crippen LogP contribution in [-0.4, -0.2) is 179 Å². The average molecular weight is 1050 g/mol. The van der Waals surface area contributed by atoms with Crippen LogP contribution in [0.15, 0.2) is 0 Å². The van der Waals surface area contributed by atoms with E-state index in [-0.39, 0.29) is 78.7 Å². The summed E-state index contributed by atoms with van der Waals surface area (Å²) >= 11 is 0. The summed E-state index contributed by atoms with van der Waals surface area (Å²) in [7, 11) is 0. The Morgan fingerprint density at radius 2 is 0.676 bits per heavy atom. The van der Waals surface area contributed by atoms with E-state index in [2.05, 4.69) is 13.8 Å². The van der Waals surface area contributed by atoms with Crippen molar-refractivity contribution in [2.75, 3.05) is 118 Å². The third-order valence-electron chi connectivity index (χ3n) is 14.2. The number of carbonyl (C=O) groups is 4. The monoisotopic (exact) mass is 1050 g/mol. The number of esters is 1. The number of rotatable bonds is 51. The Morgan fingerprint density at radius 3 is 0.959 bits per heavy atom. The van der Waals surface area contributed by atoms with Crippen molar-refractivity contribution < 1.29 is 58.6 Å². The predicted molar refractivity (Wildman–Crippen MR) is 288 cm³/mol. The molecule has 436 valence electrons. The fourth-order valence-electron chi connectivity index (χ4n) is 9.63. The molecule has 0 aromatic carbocycles. The molecule has 0 aromatic heterocycles. The molecule has 1 heterocycles. The van der Waals surface area contributed by atoms with E-state index in [4.69, 9.17) is 18.9 Å². The second-order valence-electron chi connectivity index (χ2n) is 21.3. The topological polar surface area (TPSA) is 208 Å². The molecular formula is C58H109N4O12-3. The Kier molecular flexibility index (Phi) is 48.3. The van der Waals surface area contributed by atoms with E-state index in [1.165, 1.54) is 180 Å². The maximum absolute atomic E-state index is 12.9. The number of aliphatic hydroxyl groups excluding tert-OH is 1. The SMILES string of the molecule is CCCCCCCCCCCCCCCCCCOCC(COCCCCCCCCCCCCCCCCCC)OCC(=O)OCC(O)CN1CCN(CC(=O)[O-])CCN(CC(=O)[O-])CCN(CC(=O)[O-])CC1. The molecule has 16 heteroatoms. The molecule has 0 aliphatic carbocycles. The Labute approximate surface area is 450 Å². The molecule has 1 N–H and O–H groups in total. The van der Waals surface area contributed by atoms with Gasteiger partial charge in [0.15, 0.2) is 0 Å². The minimum Gasteiger partial charge on any atom is -0.549 e. The van der Waals surface area contributed by atoms with Crippen LogP contribution in [-0.2, 0) is 38.1 Å². The van der Waals surface area contributed by atoms with Gasteiger partial charge in [-0.05, 0) is 12.8 Å². The summed E-state index contributed by atoms with van der Waals surface area (Å²) in [6, 6.07) is 0. The Bertz CT molecular complexity index is 1250. The highest BCUT2D eigenvalue weighted by atomic mass is 16.6. The highest BCUT2D eigenvalue weighted by Crippen LogP contribution is 2.16. The second kappa shape index (κ2) is 51.3. The number of carbonyl (C=O) groups excluding carboxylic acids is 4. The van der Waals surface area contributed by atoms with Gasteiger partial charge >= 0.3 is 5.97 Å². The van der Waals surface area contributed by atoms with E-state index in [9.17, 15) is 39.6 Å². The lowest BCUT2D eigenvalue weighted by atomic mass is 10.0. The maximum Gasteiger partial charge on any atom is 0.332 e. The first kappa shape index (κ1) is 69.6. The first-order valence-corrected chi connectivity index (χ1v) is 30.1. The lowest BCUT2D eigenvalue weighted by Gasteiger charge is -2.35. The van der Waals surface area contributed by atoms with Gasteiger partial charge in [0.25, 0.3) is 0 Å². The quantitative estimate of drug-likeness (QED) is 0.0524. The van der Waals surface area contributed by atoms with E-state index in [0.717, 1.165) is 25.7 Å². The third-order valence-corrected chi connectivity index (χ3v) is 14.2. The Balaban J connectivity index is 2.55. The van der Waals surface area contributed by atoms with Crippen LogP contribution in [0.4, 0.5) is 0 Å². The molecule has 1 aliphatic heterocycles. The fraction of sp³-hybridized carbons (Fsp3) is 0.931. The van der Waals surface area contributed by atoms with Crippen LogP contribution in [0.25, 0.3) is 0 Å². The molecule has 0 aromatic rings. The van der Waals surface area contributed by atoms with Crippen LogP contribution in [0.5, 0.6) is 0 Å². The van der Waals surface area contributed by atoms with Gasteiger partial charge < -0.3 is 53.8 Å². The summed E-state index contributed by atoms with van der Waals surface area (Å²) in [5.74, 6) is -4.50. The number of ether oxygens (including phenoxy) is 4. The van der Waals surface area contributed by atoms with E-state index in [1.807, 2.05) is 4.90 Å². The molecule has 1 saturated heterocycles. The Hall–Kier alpha value is -2.44. The largest absolute Gasteiger partial charge is 0.549 e. The smallest absolute Gasteiger partial charge is 0.332 e. The lowest BCUT2D eigenvalue weighted by molar-refractivity contribution is -0.308. The molecule has 0 amide bonds. The zero-order valence-corrected chi connectivity index (χ0v) is 47.2. The number of aliphatic hydroxyl groups is 1. The molecule has 0 spiro atoms. The maximum atomic E-state index is 12.9. The van der Waals surface area contributed by atoms with Crippen molar-refractivity contribution in [3.05, 3.63) is 0 Å². The summed E-state index contributed by atoms with van der Waals surface area (Å²) in [6.45, 7) is 6.56. The highest BCUT2D eigenvalue weighted by molar-refractivity contribution is 5.70. The second-order valence-corrected chi connectivity index (χ2v) is 21.3. The van der Waals surface area contributed by atoms with Crippen molar-refractivity contribution in [3.63, 3.8) is 0 Å². The van der Waals surface area contributed by atoms with Crippen molar-refractivity contribution in [2.24, 2.45) is 0 Å². The van der Waals surface area contributed by atoms with Gasteiger partial charge in [0.05, 0.1) is 31.1 Å². The average Bonchev–Trinajstić information content (AvgIpc) is 3.36. The van der Waals surface area contributed by atoms with Crippen molar-refractivity contribution in [1.29, 1.82) is 0 Å². The number of aliphatic carboxylic acids is 3. The van der Waals surface area contributed by atoms with Crippen molar-refractivity contribution in [1.82, 2.24) is 19.6 Å². The number of carboxylic acids is 3. The number of hydrogen-bond acceptors (Lipinski definition) is 16. The molecule has 1 unspecified atom stereocenters. The van der Waals surface area contributed by atoms with E-state index >= 15 is 0 Å². The van der Waals surface area contributed by atoms with Gasteiger partial charge in [-0.25, -0.2) is 4.79 Å². The van der Waals surface area contributed by atoms with Crippen molar-refractivity contribution in [2.45, 2.75) is 232 Å². The van der Waals surface area contributed by atoms with Gasteiger partial charge in [0.1, 0.15) is 25.4 Å². The van der Waals surface area contributed by atoms with E-state index < -0.39 is 36.1 Å². The van der Waals surface area contributed by atoms with Gasteiger partial charge in [0, 0.05) is 91.8 Å². The van der Waals surface area contributed by atoms with Gasteiger partial charge in [-0.2, -0.15) is 0 Å². The molecule has 1 rings (SSSR count). The van der Waals surface area contributed by atoms with E-state index in [1.54, 1.807) is 14.7 Å². The minimum atomic E-state index is -1.29. The van der Waals surface area contributed by atoms with Crippen molar-refractivity contribution >= 4 is 23.9 Å². The predicted octanol–water partition coefficient (Wildman–Crippen LogP) is 6.30. The number of β-amino-alcohol motifs (C(OH)–C–C–N with tert-alkyl or cyclic N) is 1. The lowest BCUT2D eigenvalue weighted by Crippen LogP contribution is -2.51. The standard InChI is InChI=1S/C58H112N4O12/c1-3-5-7-9-11-13-15-17-19-21-23-25-27-29-31-33-43-71-50-54(51-72-44-34-32-30-28-26-24-22-20-18-16-14-12-10-8-6-4-2)73-52-58(70)74-49-53(63)45-59-35-37-60(46-55(64)65)39-41-62(48-57(68)69)42-40-61(38-36-59)47-56(66)67/h53-54,63H,3-52H2,1-2H3,(H,64,65)(H,66,67)(H,68,69)/p-3. The fourth-order valence-corrected chi connectivity index (χ4v) is 9.63. The van der Waals surface area contributed by atoms with Gasteiger partial charge in [-0.1, -0.05) is 206 Å². The van der Waals surface area contributed by atoms with Gasteiger partial charge in [0.2, 0.25) is 0 Å². The van der Waals surface area contributed by atoms with Crippen LogP contribution in [0.2, 0.25) is 0 Å². The van der Waals surface area contributed by atoms with Crippen LogP contribution in [0, 0.1) is 0 Å². The molecule has 1 aliphatic rings. The number of hydrogen-bond donors (Lipinski definition) is 1. The normalized spacial score (nSPS) is 15.3. The first-order chi connectivity index (χ1) is 36.0. The van der Waals surface area contributed by atoms with Gasteiger partial charge in [-0.15, -0.1) is 0 Å². The zero-order chi connectivity index (χ0) is 54.0. The molecule has 1 atom stereocenters. The van der Waals surface area contributed by atoms with Crippen molar-refractivity contribution in [3.8, 4) is 0 Å². The summed E-state index contributed by atoms with van der Waals surface area (Å²) < 4.78 is 23.5. The summed E-state index contributed by atoms with van der Waals surface area (Å²) in [6.07, 6.45) is 40.2. The summed E-state index contributed by atoms with van der Waals surface area (Å²) in [5.41, 5.74) is 0. The molecular weight excluding hydrogens is 945 g/mol. The number of carboxylic acid groups (broad SMARTS) is 3. The molecule has 1 fully saturated rings. The summed E-state index contributed by atoms with van der Waals surface area (Å²) in [5, 5.41) is 45.5. The molecule has 74 heavy (non-hydrogen) atoms. The third kappa shape index (κ3) is 46.8. The number of unbranched alkanes of at least 4 members (excludes halogenated alkanes) is 30. The number of nitrogens with zero attached hydrogens (tertiary/aromatic N) is 4. The van der Waals surface area contributed by atoms with Crippen LogP contribution < -0.4 is 15.3 Å². The Morgan fingerprint density at radius 1 is 0.405 bits per heavy atom.